The molecule has 0 aliphatic rings. The van der Waals surface area contributed by atoms with E-state index in [0.717, 1.165) is 6.07 Å². The third kappa shape index (κ3) is 2.07. The molecule has 0 amide bonds. The van der Waals surface area contributed by atoms with Gasteiger partial charge in [0.25, 0.3) is 0 Å². The van der Waals surface area contributed by atoms with Crippen LogP contribution in [0.4, 0.5) is 13.2 Å². The number of aromatic amines is 1. The van der Waals surface area contributed by atoms with Gasteiger partial charge in [0.1, 0.15) is 0 Å². The van der Waals surface area contributed by atoms with Gasteiger partial charge < -0.3 is 4.98 Å². The number of nitrogens with one attached hydrogen (secondary N) is 1. The highest BCUT2D eigenvalue weighted by molar-refractivity contribution is 6.30. The van der Waals surface area contributed by atoms with Gasteiger partial charge in [0.15, 0.2) is 0 Å². The van der Waals surface area contributed by atoms with E-state index >= 15 is 0 Å². The first-order valence-electron chi connectivity index (χ1n) is 4.49. The summed E-state index contributed by atoms with van der Waals surface area (Å²) < 4.78 is 38.1. The molecular formula is C11H7ClF3N. The molecular weight excluding hydrogens is 239 g/mol. The van der Waals surface area contributed by atoms with Crippen LogP contribution in [0.1, 0.15) is 5.56 Å². The zero-order chi connectivity index (χ0) is 11.8. The first-order chi connectivity index (χ1) is 7.48. The first kappa shape index (κ1) is 11.1. The number of aromatic nitrogens is 1. The number of rotatable bonds is 1. The molecule has 0 aliphatic heterocycles. The third-order valence-corrected chi connectivity index (χ3v) is 2.41. The summed E-state index contributed by atoms with van der Waals surface area (Å²) in [6.45, 7) is 0. The summed E-state index contributed by atoms with van der Waals surface area (Å²) in [6, 6.07) is 6.73. The lowest BCUT2D eigenvalue weighted by molar-refractivity contribution is -0.137. The number of hydrogen-bond donors (Lipinski definition) is 1. The Balaban J connectivity index is 2.63. The molecule has 0 fully saturated rings. The largest absolute Gasteiger partial charge is 0.417 e. The summed E-state index contributed by atoms with van der Waals surface area (Å²) in [7, 11) is 0. The zero-order valence-electron chi connectivity index (χ0n) is 7.98. The molecule has 0 unspecified atom stereocenters. The maximum absolute atomic E-state index is 12.7. The van der Waals surface area contributed by atoms with Crippen LogP contribution < -0.4 is 0 Å². The molecule has 1 nitrogen and oxygen atoms in total. The maximum atomic E-state index is 12.7. The average Bonchev–Trinajstić information content (AvgIpc) is 2.68. The smallest absolute Gasteiger partial charge is 0.361 e. The summed E-state index contributed by atoms with van der Waals surface area (Å²) in [6.07, 6.45) is -2.82. The SMILES string of the molecule is FC(F)(F)c1ccc(Cl)cc1-c1ccc[nH]1. The zero-order valence-corrected chi connectivity index (χ0v) is 8.73. The van der Waals surface area contributed by atoms with Crippen molar-refractivity contribution in [2.45, 2.75) is 6.18 Å². The Kier molecular flexibility index (Phi) is 2.68. The Morgan fingerprint density at radius 1 is 1.12 bits per heavy atom. The fraction of sp³-hybridized carbons (Fsp3) is 0.0909. The molecule has 0 saturated heterocycles. The Hall–Kier alpha value is -1.42. The lowest BCUT2D eigenvalue weighted by Crippen LogP contribution is -2.07. The van der Waals surface area contributed by atoms with E-state index in [0.29, 0.717) is 5.69 Å². The Morgan fingerprint density at radius 2 is 1.88 bits per heavy atom. The van der Waals surface area contributed by atoms with Gasteiger partial charge in [-0.2, -0.15) is 13.2 Å². The molecule has 2 aromatic rings. The highest BCUT2D eigenvalue weighted by atomic mass is 35.5. The number of H-pyrrole nitrogens is 1. The second-order valence-electron chi connectivity index (χ2n) is 3.27. The average molecular weight is 246 g/mol. The van der Waals surface area contributed by atoms with E-state index in [-0.39, 0.29) is 10.6 Å². The molecule has 0 bridgehead atoms. The number of hydrogen-bond acceptors (Lipinski definition) is 0. The van der Waals surface area contributed by atoms with Gasteiger partial charge in [0.2, 0.25) is 0 Å². The molecule has 1 heterocycles. The summed E-state index contributed by atoms with van der Waals surface area (Å²) in [5.41, 5.74) is -0.237. The predicted octanol–water partition coefficient (Wildman–Crippen LogP) is 4.35. The minimum absolute atomic E-state index is 0.0602. The highest BCUT2D eigenvalue weighted by Gasteiger charge is 2.33. The van der Waals surface area contributed by atoms with Gasteiger partial charge >= 0.3 is 6.18 Å². The van der Waals surface area contributed by atoms with Crippen LogP contribution >= 0.6 is 11.6 Å². The number of benzene rings is 1. The third-order valence-electron chi connectivity index (χ3n) is 2.18. The van der Waals surface area contributed by atoms with Crippen molar-refractivity contribution >= 4 is 11.6 Å². The number of halogens is 4. The van der Waals surface area contributed by atoms with Crippen LogP contribution in [0.3, 0.4) is 0 Å². The van der Waals surface area contributed by atoms with Gasteiger partial charge in [-0.3, -0.25) is 0 Å². The molecule has 84 valence electrons. The van der Waals surface area contributed by atoms with Crippen LogP contribution in [0.5, 0.6) is 0 Å². The molecule has 16 heavy (non-hydrogen) atoms. The van der Waals surface area contributed by atoms with Gasteiger partial charge in [-0.15, -0.1) is 0 Å². The Bertz CT molecular complexity index is 488. The monoisotopic (exact) mass is 245 g/mol. The van der Waals surface area contributed by atoms with Crippen molar-refractivity contribution in [1.29, 1.82) is 0 Å². The molecule has 1 N–H and O–H groups in total. The predicted molar refractivity (Wildman–Crippen MR) is 56.2 cm³/mol. The minimum atomic E-state index is -4.38. The van der Waals surface area contributed by atoms with E-state index in [9.17, 15) is 13.2 Å². The van der Waals surface area contributed by atoms with Gasteiger partial charge in [-0.25, -0.2) is 0 Å². The summed E-state index contributed by atoms with van der Waals surface area (Å²) in [4.78, 5) is 2.73. The van der Waals surface area contributed by atoms with Crippen molar-refractivity contribution in [2.24, 2.45) is 0 Å². The van der Waals surface area contributed by atoms with Crippen LogP contribution in [-0.4, -0.2) is 4.98 Å². The van der Waals surface area contributed by atoms with E-state index in [4.69, 9.17) is 11.6 Å². The van der Waals surface area contributed by atoms with Crippen LogP contribution in [0.2, 0.25) is 5.02 Å². The van der Waals surface area contributed by atoms with Crippen LogP contribution in [0, 0.1) is 0 Å². The van der Waals surface area contributed by atoms with Crippen molar-refractivity contribution in [2.75, 3.05) is 0 Å². The summed E-state index contributed by atoms with van der Waals surface area (Å²) >= 11 is 5.70. The van der Waals surface area contributed by atoms with E-state index in [2.05, 4.69) is 4.98 Å². The van der Waals surface area contributed by atoms with Crippen molar-refractivity contribution < 1.29 is 13.2 Å². The van der Waals surface area contributed by atoms with E-state index in [1.807, 2.05) is 0 Å². The number of alkyl halides is 3. The van der Waals surface area contributed by atoms with Crippen molar-refractivity contribution in [3.63, 3.8) is 0 Å². The maximum Gasteiger partial charge on any atom is 0.417 e. The van der Waals surface area contributed by atoms with E-state index in [1.54, 1.807) is 18.3 Å². The highest BCUT2D eigenvalue weighted by Crippen LogP contribution is 2.37. The van der Waals surface area contributed by atoms with Crippen LogP contribution in [-0.2, 0) is 6.18 Å². The Labute approximate surface area is 94.9 Å². The molecule has 0 spiro atoms. The lowest BCUT2D eigenvalue weighted by Gasteiger charge is -2.12. The standard InChI is InChI=1S/C11H7ClF3N/c12-7-3-4-9(11(13,14)15)8(6-7)10-2-1-5-16-10/h1-6,16H. The second kappa shape index (κ2) is 3.87. The molecule has 2 rings (SSSR count). The van der Waals surface area contributed by atoms with Crippen molar-refractivity contribution in [3.8, 4) is 11.3 Å². The molecule has 5 heteroatoms. The van der Waals surface area contributed by atoms with Gasteiger partial charge in [-0.1, -0.05) is 11.6 Å². The summed E-state index contributed by atoms with van der Waals surface area (Å²) in [5.74, 6) is 0. The minimum Gasteiger partial charge on any atom is -0.361 e. The first-order valence-corrected chi connectivity index (χ1v) is 4.87. The van der Waals surface area contributed by atoms with Gasteiger partial charge in [0.05, 0.1) is 5.56 Å². The van der Waals surface area contributed by atoms with Crippen LogP contribution in [0.25, 0.3) is 11.3 Å². The lowest BCUT2D eigenvalue weighted by atomic mass is 10.0. The fourth-order valence-electron chi connectivity index (χ4n) is 1.48. The fourth-order valence-corrected chi connectivity index (χ4v) is 1.66. The quantitative estimate of drug-likeness (QED) is 0.769. The molecule has 1 aromatic carbocycles. The molecule has 0 saturated carbocycles. The van der Waals surface area contributed by atoms with E-state index < -0.39 is 11.7 Å². The topological polar surface area (TPSA) is 15.8 Å². The van der Waals surface area contributed by atoms with Crippen molar-refractivity contribution in [3.05, 3.63) is 47.1 Å². The molecule has 0 radical (unpaired) electrons. The Morgan fingerprint density at radius 3 is 2.44 bits per heavy atom. The van der Waals surface area contributed by atoms with Gasteiger partial charge in [0, 0.05) is 22.5 Å². The van der Waals surface area contributed by atoms with Crippen LogP contribution in [0.15, 0.2) is 36.5 Å². The summed E-state index contributed by atoms with van der Waals surface area (Å²) in [5, 5.41) is 0.276. The molecule has 0 aliphatic carbocycles. The van der Waals surface area contributed by atoms with E-state index in [1.165, 1.54) is 12.1 Å². The van der Waals surface area contributed by atoms with Gasteiger partial charge in [-0.05, 0) is 30.3 Å². The second-order valence-corrected chi connectivity index (χ2v) is 3.71. The van der Waals surface area contributed by atoms with Crippen molar-refractivity contribution in [1.82, 2.24) is 4.98 Å². The normalized spacial score (nSPS) is 11.8. The molecule has 0 atom stereocenters. The molecule has 1 aromatic heterocycles.